The van der Waals surface area contributed by atoms with Gasteiger partial charge in [-0.3, -0.25) is 14.4 Å². The number of carbonyl (C=O) groups is 3. The summed E-state index contributed by atoms with van der Waals surface area (Å²) in [4.78, 5) is 40.2. The van der Waals surface area contributed by atoms with E-state index in [0.29, 0.717) is 37.3 Å². The van der Waals surface area contributed by atoms with Crippen LogP contribution in [0.3, 0.4) is 0 Å². The van der Waals surface area contributed by atoms with Crippen molar-refractivity contribution >= 4 is 28.8 Å². The molecule has 1 unspecified atom stereocenters. The first-order chi connectivity index (χ1) is 13.2. The maximum absolute atomic E-state index is 13.1. The third-order valence-corrected chi connectivity index (χ3v) is 6.57. The molecule has 2 fully saturated rings. The number of benzene rings is 1. The van der Waals surface area contributed by atoms with E-state index in [1.807, 2.05) is 32.0 Å². The second-order valence-corrected chi connectivity index (χ2v) is 8.00. The van der Waals surface area contributed by atoms with Crippen LogP contribution in [0.2, 0.25) is 0 Å². The highest BCUT2D eigenvalue weighted by Gasteiger charge is 2.55. The third-order valence-electron chi connectivity index (χ3n) is 6.57. The normalized spacial score (nSPS) is 21.7. The minimum Gasteiger partial charge on any atom is -0.481 e. The van der Waals surface area contributed by atoms with E-state index in [2.05, 4.69) is 0 Å². The van der Waals surface area contributed by atoms with Crippen LogP contribution >= 0.6 is 0 Å². The quantitative estimate of drug-likeness (QED) is 0.859. The summed E-state index contributed by atoms with van der Waals surface area (Å²) in [6.45, 7) is 4.65. The topological polar surface area (TPSA) is 91.1 Å². The lowest BCUT2D eigenvalue weighted by Gasteiger charge is -2.45. The van der Waals surface area contributed by atoms with Crippen LogP contribution in [0.25, 0.3) is 11.0 Å². The fourth-order valence-corrected chi connectivity index (χ4v) is 4.76. The monoisotopic (exact) mass is 384 g/mol. The number of furan rings is 1. The van der Waals surface area contributed by atoms with Gasteiger partial charge in [-0.1, -0.05) is 12.1 Å². The van der Waals surface area contributed by atoms with Crippen LogP contribution in [0.1, 0.15) is 40.9 Å². The van der Waals surface area contributed by atoms with Crippen molar-refractivity contribution in [1.82, 2.24) is 9.80 Å². The molecule has 2 aliphatic heterocycles. The summed E-state index contributed by atoms with van der Waals surface area (Å²) in [6, 6.07) is 5.87. The van der Waals surface area contributed by atoms with E-state index >= 15 is 0 Å². The molecule has 2 aromatic rings. The Balaban J connectivity index is 1.57. The molecule has 1 atom stereocenters. The fraction of sp³-hybridized carbons (Fsp3) is 0.476. The summed E-state index contributed by atoms with van der Waals surface area (Å²) in [5.74, 6) is -1.66. The molecular formula is C21H24N2O5. The maximum Gasteiger partial charge on any atom is 0.309 e. The van der Waals surface area contributed by atoms with Gasteiger partial charge in [0.25, 0.3) is 5.91 Å². The van der Waals surface area contributed by atoms with Crippen LogP contribution in [0.5, 0.6) is 0 Å². The number of carboxylic acid groups (broad SMARTS) is 1. The number of aliphatic carboxylic acids is 1. The van der Waals surface area contributed by atoms with Crippen molar-refractivity contribution in [3.8, 4) is 0 Å². The number of likely N-dealkylation sites (tertiary alicyclic amines) is 2. The molecule has 1 N–H and O–H groups in total. The molecule has 2 saturated heterocycles. The molecule has 0 saturated carbocycles. The van der Waals surface area contributed by atoms with Crippen molar-refractivity contribution < 1.29 is 23.9 Å². The van der Waals surface area contributed by atoms with Gasteiger partial charge in [-0.25, -0.2) is 0 Å². The molecule has 0 bridgehead atoms. The van der Waals surface area contributed by atoms with Gasteiger partial charge in [0, 0.05) is 37.5 Å². The Hall–Kier alpha value is -2.83. The fourth-order valence-electron chi connectivity index (χ4n) is 4.76. The minimum atomic E-state index is -0.944. The smallest absolute Gasteiger partial charge is 0.309 e. The highest BCUT2D eigenvalue weighted by Crippen LogP contribution is 2.43. The van der Waals surface area contributed by atoms with Gasteiger partial charge >= 0.3 is 5.97 Å². The van der Waals surface area contributed by atoms with Gasteiger partial charge in [0.1, 0.15) is 5.58 Å². The second kappa shape index (κ2) is 6.36. The van der Waals surface area contributed by atoms with E-state index < -0.39 is 17.4 Å². The molecular weight excluding hydrogens is 360 g/mol. The van der Waals surface area contributed by atoms with E-state index in [1.54, 1.807) is 16.8 Å². The summed E-state index contributed by atoms with van der Waals surface area (Å²) >= 11 is 0. The molecule has 148 valence electrons. The van der Waals surface area contributed by atoms with Crippen molar-refractivity contribution in [2.45, 2.75) is 38.6 Å². The van der Waals surface area contributed by atoms with Crippen LogP contribution in [-0.2, 0) is 9.59 Å². The summed E-state index contributed by atoms with van der Waals surface area (Å²) in [6.07, 6.45) is 0.939. The molecule has 1 aromatic carbocycles. The molecule has 4 rings (SSSR count). The van der Waals surface area contributed by atoms with Crippen molar-refractivity contribution in [3.05, 3.63) is 35.1 Å². The van der Waals surface area contributed by atoms with Crippen LogP contribution < -0.4 is 0 Å². The van der Waals surface area contributed by atoms with Crippen LogP contribution in [0, 0.1) is 19.8 Å². The predicted octanol–water partition coefficient (Wildman–Crippen LogP) is 2.59. The lowest BCUT2D eigenvalue weighted by atomic mass is 9.77. The average molecular weight is 384 g/mol. The molecule has 1 spiro atoms. The van der Waals surface area contributed by atoms with E-state index in [0.717, 1.165) is 16.5 Å². The Bertz CT molecular complexity index is 984. The molecule has 28 heavy (non-hydrogen) atoms. The van der Waals surface area contributed by atoms with Crippen molar-refractivity contribution in [2.75, 3.05) is 20.1 Å². The SMILES string of the molecule is Cc1ccc2c(C)c(C(=O)N3CCC4(CC3)C(C(=O)O)CC(=O)N4C)oc2c1. The number of hydrogen-bond donors (Lipinski definition) is 1. The highest BCUT2D eigenvalue weighted by molar-refractivity contribution is 5.99. The lowest BCUT2D eigenvalue weighted by Crippen LogP contribution is -2.57. The van der Waals surface area contributed by atoms with Gasteiger partial charge in [-0.15, -0.1) is 0 Å². The summed E-state index contributed by atoms with van der Waals surface area (Å²) in [5.41, 5.74) is 1.87. The molecule has 1 aromatic heterocycles. The largest absolute Gasteiger partial charge is 0.481 e. The number of nitrogens with zero attached hydrogens (tertiary/aromatic N) is 2. The molecule has 7 nitrogen and oxygen atoms in total. The van der Waals surface area contributed by atoms with E-state index in [1.165, 1.54) is 0 Å². The molecule has 0 radical (unpaired) electrons. The van der Waals surface area contributed by atoms with Crippen LogP contribution in [-0.4, -0.2) is 58.4 Å². The van der Waals surface area contributed by atoms with Gasteiger partial charge in [0.05, 0.1) is 11.5 Å². The molecule has 2 aliphatic rings. The first kappa shape index (κ1) is 18.5. The van der Waals surface area contributed by atoms with Gasteiger partial charge in [0.2, 0.25) is 5.91 Å². The minimum absolute atomic E-state index is 0.0296. The molecule has 3 heterocycles. The average Bonchev–Trinajstić information content (AvgIpc) is 3.11. The number of piperidine rings is 1. The van der Waals surface area contributed by atoms with Gasteiger partial charge in [-0.05, 0) is 38.3 Å². The second-order valence-electron chi connectivity index (χ2n) is 8.00. The van der Waals surface area contributed by atoms with Crippen LogP contribution in [0.4, 0.5) is 0 Å². The number of amides is 2. The van der Waals surface area contributed by atoms with Crippen molar-refractivity contribution in [1.29, 1.82) is 0 Å². The zero-order valence-corrected chi connectivity index (χ0v) is 16.3. The van der Waals surface area contributed by atoms with Crippen molar-refractivity contribution in [3.63, 3.8) is 0 Å². The number of fused-ring (bicyclic) bond motifs is 1. The Morgan fingerprint density at radius 2 is 1.89 bits per heavy atom. The van der Waals surface area contributed by atoms with E-state index in [9.17, 15) is 19.5 Å². The number of carbonyl (C=O) groups excluding carboxylic acids is 2. The summed E-state index contributed by atoms with van der Waals surface area (Å²) < 4.78 is 5.86. The third kappa shape index (κ3) is 2.60. The molecule has 0 aliphatic carbocycles. The summed E-state index contributed by atoms with van der Waals surface area (Å²) in [5, 5.41) is 10.5. The molecule has 2 amide bonds. The number of aryl methyl sites for hydroxylation is 2. The Morgan fingerprint density at radius 1 is 1.21 bits per heavy atom. The van der Waals surface area contributed by atoms with Crippen LogP contribution in [0.15, 0.2) is 22.6 Å². The maximum atomic E-state index is 13.1. The van der Waals surface area contributed by atoms with Gasteiger partial charge in [-0.2, -0.15) is 0 Å². The molecule has 7 heteroatoms. The van der Waals surface area contributed by atoms with Crippen molar-refractivity contribution in [2.24, 2.45) is 5.92 Å². The highest BCUT2D eigenvalue weighted by atomic mass is 16.4. The first-order valence-corrected chi connectivity index (χ1v) is 9.53. The van der Waals surface area contributed by atoms with E-state index in [4.69, 9.17) is 4.42 Å². The Morgan fingerprint density at radius 3 is 2.54 bits per heavy atom. The number of carboxylic acids is 1. The lowest BCUT2D eigenvalue weighted by molar-refractivity contribution is -0.145. The Kier molecular flexibility index (Phi) is 4.21. The standard InChI is InChI=1S/C21H24N2O5/c1-12-4-5-14-13(2)18(28-16(14)10-12)19(25)23-8-6-21(7-9-23)15(20(26)27)11-17(24)22(21)3/h4-5,10,15H,6-9,11H2,1-3H3,(H,26,27). The van der Waals surface area contributed by atoms with Gasteiger partial charge in [0.15, 0.2) is 5.76 Å². The van der Waals surface area contributed by atoms with Gasteiger partial charge < -0.3 is 19.3 Å². The predicted molar refractivity (Wildman–Crippen MR) is 102 cm³/mol. The van der Waals surface area contributed by atoms with E-state index in [-0.39, 0.29) is 18.2 Å². The Labute approximate surface area is 162 Å². The first-order valence-electron chi connectivity index (χ1n) is 9.53. The summed E-state index contributed by atoms with van der Waals surface area (Å²) in [7, 11) is 1.68. The number of hydrogen-bond acceptors (Lipinski definition) is 4. The zero-order chi connectivity index (χ0) is 20.2. The number of rotatable bonds is 2. The zero-order valence-electron chi connectivity index (χ0n) is 16.3.